The third-order valence-electron chi connectivity index (χ3n) is 6.44. The van der Waals surface area contributed by atoms with Crippen LogP contribution < -0.4 is 10.6 Å². The van der Waals surface area contributed by atoms with Crippen molar-refractivity contribution in [3.8, 4) is 11.1 Å². The molecular weight excluding hydrogens is 527 g/mol. The molecule has 0 fully saturated rings. The van der Waals surface area contributed by atoms with Crippen molar-refractivity contribution in [3.05, 3.63) is 113 Å². The van der Waals surface area contributed by atoms with Crippen LogP contribution >= 0.6 is 0 Å². The highest BCUT2D eigenvalue weighted by Gasteiger charge is 2.25. The largest absolute Gasteiger partial charge is 0.459 e. The van der Waals surface area contributed by atoms with Crippen molar-refractivity contribution in [2.75, 3.05) is 6.54 Å². The Hall–Kier alpha value is -4.99. The van der Waals surface area contributed by atoms with Gasteiger partial charge in [0.2, 0.25) is 0 Å². The summed E-state index contributed by atoms with van der Waals surface area (Å²) in [6.07, 6.45) is -0.861. The molecule has 2 amide bonds. The van der Waals surface area contributed by atoms with Gasteiger partial charge in [-0.25, -0.2) is 14.0 Å². The number of halogens is 1. The molecule has 2 N–H and O–H groups in total. The lowest BCUT2D eigenvalue weighted by molar-refractivity contribution is -0.147. The molecule has 9 nitrogen and oxygen atoms in total. The maximum atomic E-state index is 14.6. The Labute approximate surface area is 237 Å². The molecule has 0 unspecified atom stereocenters. The maximum absolute atomic E-state index is 14.6. The number of nitrogens with zero attached hydrogens (tertiary/aromatic N) is 2. The van der Waals surface area contributed by atoms with Crippen molar-refractivity contribution in [1.29, 1.82) is 0 Å². The molecule has 0 saturated carbocycles. The van der Waals surface area contributed by atoms with Crippen molar-refractivity contribution in [2.45, 2.75) is 33.1 Å². The number of hydrogen-bond donors (Lipinski definition) is 2. The highest BCUT2D eigenvalue weighted by Crippen LogP contribution is 2.28. The Morgan fingerprint density at radius 1 is 0.902 bits per heavy atom. The van der Waals surface area contributed by atoms with Crippen LogP contribution in [0.5, 0.6) is 0 Å². The first-order valence-corrected chi connectivity index (χ1v) is 13.0. The van der Waals surface area contributed by atoms with E-state index in [0.717, 1.165) is 28.5 Å². The standard InChI is InChI=1S/C31H31FN4O5/c1-20-28(21(2)36(3)35-20)24-14-25(16-26(32)15-24)29(37)33-17-27(30(38)40-18-22-10-6-4-7-11-22)34-31(39)41-19-23-12-8-5-9-13-23/h4-16,27H,17-19H2,1-3H3,(H,33,37)(H,34,39)/t27-/m1/s1. The van der Waals surface area contributed by atoms with Gasteiger partial charge in [0.25, 0.3) is 5.91 Å². The minimum absolute atomic E-state index is 0.00986. The molecule has 41 heavy (non-hydrogen) atoms. The first-order valence-electron chi connectivity index (χ1n) is 13.0. The Morgan fingerprint density at radius 2 is 1.51 bits per heavy atom. The molecule has 10 heteroatoms. The zero-order valence-corrected chi connectivity index (χ0v) is 23.0. The molecular formula is C31H31FN4O5. The summed E-state index contributed by atoms with van der Waals surface area (Å²) in [5, 5.41) is 9.42. The summed E-state index contributed by atoms with van der Waals surface area (Å²) >= 11 is 0. The number of esters is 1. The van der Waals surface area contributed by atoms with Crippen LogP contribution in [-0.2, 0) is 34.5 Å². The lowest BCUT2D eigenvalue weighted by atomic mass is 10.0. The number of alkyl carbamates (subject to hydrolysis) is 1. The molecule has 0 saturated heterocycles. The number of amides is 2. The zero-order chi connectivity index (χ0) is 29.4. The summed E-state index contributed by atoms with van der Waals surface area (Å²) in [6.45, 7) is 3.31. The minimum atomic E-state index is -1.26. The Balaban J connectivity index is 1.46. The van der Waals surface area contributed by atoms with Crippen LogP contribution in [0.2, 0.25) is 0 Å². The number of nitrogens with one attached hydrogen (secondary N) is 2. The molecule has 0 aliphatic heterocycles. The molecule has 4 rings (SSSR count). The highest BCUT2D eigenvalue weighted by atomic mass is 19.1. The smallest absolute Gasteiger partial charge is 0.408 e. The molecule has 3 aromatic carbocycles. The number of benzene rings is 3. The molecule has 0 bridgehead atoms. The number of hydrogen-bond acceptors (Lipinski definition) is 6. The Kier molecular flexibility index (Phi) is 9.47. The minimum Gasteiger partial charge on any atom is -0.459 e. The average Bonchev–Trinajstić information content (AvgIpc) is 3.23. The van der Waals surface area contributed by atoms with Gasteiger partial charge in [-0.05, 0) is 48.7 Å². The van der Waals surface area contributed by atoms with Crippen LogP contribution in [-0.4, -0.2) is 40.3 Å². The summed E-state index contributed by atoms with van der Waals surface area (Å²) in [4.78, 5) is 38.5. The van der Waals surface area contributed by atoms with Gasteiger partial charge in [-0.3, -0.25) is 9.48 Å². The number of aromatic nitrogens is 2. The van der Waals surface area contributed by atoms with E-state index < -0.39 is 29.8 Å². The average molecular weight is 559 g/mol. The van der Waals surface area contributed by atoms with E-state index in [4.69, 9.17) is 9.47 Å². The van der Waals surface area contributed by atoms with Crippen LogP contribution in [0.4, 0.5) is 9.18 Å². The van der Waals surface area contributed by atoms with Gasteiger partial charge in [0.15, 0.2) is 0 Å². The van der Waals surface area contributed by atoms with E-state index in [1.54, 1.807) is 49.0 Å². The predicted octanol–water partition coefficient (Wildman–Crippen LogP) is 4.61. The topological polar surface area (TPSA) is 112 Å². The van der Waals surface area contributed by atoms with Crippen molar-refractivity contribution in [3.63, 3.8) is 0 Å². The number of rotatable bonds is 10. The number of carbonyl (C=O) groups is 3. The van der Waals surface area contributed by atoms with Crippen molar-refractivity contribution >= 4 is 18.0 Å². The monoisotopic (exact) mass is 558 g/mol. The van der Waals surface area contributed by atoms with Crippen molar-refractivity contribution in [2.24, 2.45) is 7.05 Å². The molecule has 1 aromatic heterocycles. The first kappa shape index (κ1) is 29.0. The van der Waals surface area contributed by atoms with Gasteiger partial charge in [0.05, 0.1) is 5.69 Å². The summed E-state index contributed by atoms with van der Waals surface area (Å²) in [7, 11) is 1.79. The second kappa shape index (κ2) is 13.4. The highest BCUT2D eigenvalue weighted by molar-refractivity contribution is 5.96. The van der Waals surface area contributed by atoms with Gasteiger partial charge in [-0.15, -0.1) is 0 Å². The zero-order valence-electron chi connectivity index (χ0n) is 23.0. The third kappa shape index (κ3) is 7.78. The van der Waals surface area contributed by atoms with Gasteiger partial charge < -0.3 is 20.1 Å². The second-order valence-corrected chi connectivity index (χ2v) is 9.46. The molecule has 0 spiro atoms. The lowest BCUT2D eigenvalue weighted by Gasteiger charge is -2.18. The summed E-state index contributed by atoms with van der Waals surface area (Å²) in [6, 6.07) is 20.8. The van der Waals surface area contributed by atoms with E-state index in [9.17, 15) is 18.8 Å². The molecule has 212 valence electrons. The van der Waals surface area contributed by atoms with E-state index in [0.29, 0.717) is 11.3 Å². The normalized spacial score (nSPS) is 11.4. The van der Waals surface area contributed by atoms with E-state index in [1.165, 1.54) is 6.07 Å². The molecule has 0 aliphatic carbocycles. The summed E-state index contributed by atoms with van der Waals surface area (Å²) in [5.41, 5.74) is 4.31. The number of carbonyl (C=O) groups excluding carboxylic acids is 3. The summed E-state index contributed by atoms with van der Waals surface area (Å²) < 4.78 is 26.9. The first-order chi connectivity index (χ1) is 19.7. The SMILES string of the molecule is Cc1nn(C)c(C)c1-c1cc(F)cc(C(=O)NC[C@@H](NC(=O)OCc2ccccc2)C(=O)OCc2ccccc2)c1. The fraction of sp³-hybridized carbons (Fsp3) is 0.226. The predicted molar refractivity (Wildman–Crippen MR) is 150 cm³/mol. The maximum Gasteiger partial charge on any atom is 0.408 e. The fourth-order valence-corrected chi connectivity index (χ4v) is 4.28. The third-order valence-corrected chi connectivity index (χ3v) is 6.44. The molecule has 1 heterocycles. The van der Waals surface area contributed by atoms with Gasteiger partial charge in [-0.2, -0.15) is 5.10 Å². The number of aryl methyl sites for hydroxylation is 2. The van der Waals surface area contributed by atoms with Crippen LogP contribution in [0.25, 0.3) is 11.1 Å². The van der Waals surface area contributed by atoms with Crippen LogP contribution in [0.3, 0.4) is 0 Å². The lowest BCUT2D eigenvalue weighted by Crippen LogP contribution is -2.49. The number of ether oxygens (including phenoxy) is 2. The summed E-state index contributed by atoms with van der Waals surface area (Å²) in [5.74, 6) is -2.01. The van der Waals surface area contributed by atoms with E-state index in [-0.39, 0.29) is 25.3 Å². The Morgan fingerprint density at radius 3 is 2.10 bits per heavy atom. The van der Waals surface area contributed by atoms with Crippen molar-refractivity contribution < 1.29 is 28.2 Å². The molecule has 0 aliphatic rings. The van der Waals surface area contributed by atoms with Crippen LogP contribution in [0, 0.1) is 19.7 Å². The fourth-order valence-electron chi connectivity index (χ4n) is 4.28. The van der Waals surface area contributed by atoms with Gasteiger partial charge in [0.1, 0.15) is 25.1 Å². The molecule has 1 atom stereocenters. The van der Waals surface area contributed by atoms with Gasteiger partial charge in [-0.1, -0.05) is 60.7 Å². The molecule has 4 aromatic rings. The second-order valence-electron chi connectivity index (χ2n) is 9.46. The quantitative estimate of drug-likeness (QED) is 0.275. The van der Waals surface area contributed by atoms with Crippen LogP contribution in [0.15, 0.2) is 78.9 Å². The Bertz CT molecular complexity index is 1520. The molecule has 0 radical (unpaired) electrons. The van der Waals surface area contributed by atoms with E-state index >= 15 is 0 Å². The van der Waals surface area contributed by atoms with E-state index in [2.05, 4.69) is 15.7 Å². The van der Waals surface area contributed by atoms with Gasteiger partial charge in [0, 0.05) is 30.4 Å². The van der Waals surface area contributed by atoms with Crippen molar-refractivity contribution in [1.82, 2.24) is 20.4 Å². The van der Waals surface area contributed by atoms with Gasteiger partial charge >= 0.3 is 12.1 Å². The van der Waals surface area contributed by atoms with E-state index in [1.807, 2.05) is 43.3 Å². The van der Waals surface area contributed by atoms with Crippen LogP contribution in [0.1, 0.15) is 32.9 Å².